The summed E-state index contributed by atoms with van der Waals surface area (Å²) < 4.78 is 17.9. The largest absolute Gasteiger partial charge is 0.502 e. The fraction of sp³-hybridized carbons (Fsp3) is 0.867. The second-order valence-electron chi connectivity index (χ2n) is 5.19. The number of hydrogen-bond acceptors (Lipinski definition) is 2. The minimum Gasteiger partial charge on any atom is -0.502 e. The Labute approximate surface area is 115 Å². The number of allylic oxidation sites excluding steroid dienone is 1. The number of hydrogen-bond donors (Lipinski definition) is 0. The molecule has 3 heteroatoms. The van der Waals surface area contributed by atoms with Gasteiger partial charge in [0.1, 0.15) is 0 Å². The van der Waals surface area contributed by atoms with E-state index in [-0.39, 0.29) is 4.75 Å². The van der Waals surface area contributed by atoms with Crippen molar-refractivity contribution in [3.05, 3.63) is 12.3 Å². The van der Waals surface area contributed by atoms with Gasteiger partial charge in [-0.05, 0) is 39.0 Å². The summed E-state index contributed by atoms with van der Waals surface area (Å²) in [5, 5.41) is 0. The van der Waals surface area contributed by atoms with Gasteiger partial charge >= 0.3 is 0 Å². The molecule has 0 saturated carbocycles. The van der Waals surface area contributed by atoms with Gasteiger partial charge in [-0.25, -0.2) is 0 Å². The van der Waals surface area contributed by atoms with Crippen LogP contribution in [0.25, 0.3) is 0 Å². The summed E-state index contributed by atoms with van der Waals surface area (Å²) in [4.78, 5) is 0. The first-order chi connectivity index (χ1) is 8.75. The first-order valence-electron chi connectivity index (χ1n) is 7.36. The highest BCUT2D eigenvalue weighted by atomic mass is 32.2. The Kier molecular flexibility index (Phi) is 7.64. The minimum atomic E-state index is -0.646. The van der Waals surface area contributed by atoms with Crippen molar-refractivity contribution in [1.29, 1.82) is 0 Å². The van der Waals surface area contributed by atoms with E-state index in [4.69, 9.17) is 4.74 Å². The molecule has 2 atom stereocenters. The van der Waals surface area contributed by atoms with Gasteiger partial charge in [-0.3, -0.25) is 4.21 Å². The second-order valence-corrected chi connectivity index (χ2v) is 7.16. The monoisotopic (exact) mass is 272 g/mol. The Morgan fingerprint density at radius 3 is 2.78 bits per heavy atom. The number of rotatable bonds is 6. The van der Waals surface area contributed by atoms with Gasteiger partial charge < -0.3 is 4.74 Å². The average Bonchev–Trinajstić information content (AvgIpc) is 2.37. The Morgan fingerprint density at radius 2 is 2.06 bits per heavy atom. The Hall–Kier alpha value is -0.310. The molecule has 0 N–H and O–H groups in total. The van der Waals surface area contributed by atoms with Crippen molar-refractivity contribution in [2.45, 2.75) is 70.0 Å². The smallest absolute Gasteiger partial charge is 0.0873 e. The van der Waals surface area contributed by atoms with Crippen LogP contribution in [0.2, 0.25) is 0 Å². The van der Waals surface area contributed by atoms with Crippen LogP contribution < -0.4 is 0 Å². The standard InChI is InChI=1S/C15H28O2S/c1-3-12-17-13-9-11-15(4-2)10-7-5-6-8-14-18(15)16/h3,12H,4-11,13-14H2,1-2H3/b12-3+. The fourth-order valence-electron chi connectivity index (χ4n) is 2.76. The van der Waals surface area contributed by atoms with Crippen LogP contribution in [-0.2, 0) is 15.5 Å². The molecule has 0 aromatic carbocycles. The molecule has 106 valence electrons. The van der Waals surface area contributed by atoms with E-state index in [1.54, 1.807) is 6.26 Å². The van der Waals surface area contributed by atoms with Crippen molar-refractivity contribution in [1.82, 2.24) is 0 Å². The molecule has 18 heavy (non-hydrogen) atoms. The minimum absolute atomic E-state index is 0.0692. The van der Waals surface area contributed by atoms with E-state index < -0.39 is 10.8 Å². The molecule has 0 spiro atoms. The van der Waals surface area contributed by atoms with Crippen LogP contribution in [0.4, 0.5) is 0 Å². The molecule has 1 heterocycles. The van der Waals surface area contributed by atoms with Crippen molar-refractivity contribution < 1.29 is 8.95 Å². The molecule has 1 aliphatic rings. The quantitative estimate of drug-likeness (QED) is 0.535. The first kappa shape index (κ1) is 15.7. The highest BCUT2D eigenvalue weighted by molar-refractivity contribution is 7.86. The zero-order chi connectivity index (χ0) is 13.3. The average molecular weight is 272 g/mol. The lowest BCUT2D eigenvalue weighted by molar-refractivity contribution is 0.232. The number of ether oxygens (including phenoxy) is 1. The molecule has 2 nitrogen and oxygen atoms in total. The third-order valence-corrected chi connectivity index (χ3v) is 6.29. The maximum atomic E-state index is 12.5. The van der Waals surface area contributed by atoms with Crippen molar-refractivity contribution in [2.75, 3.05) is 12.4 Å². The summed E-state index contributed by atoms with van der Waals surface area (Å²) in [6, 6.07) is 0. The Morgan fingerprint density at radius 1 is 1.28 bits per heavy atom. The topological polar surface area (TPSA) is 26.3 Å². The van der Waals surface area contributed by atoms with Gasteiger partial charge in [-0.1, -0.05) is 32.3 Å². The van der Waals surface area contributed by atoms with E-state index in [0.717, 1.165) is 44.5 Å². The van der Waals surface area contributed by atoms with Gasteiger partial charge in [0.2, 0.25) is 0 Å². The molecule has 0 aromatic rings. The third kappa shape index (κ3) is 4.75. The molecular weight excluding hydrogens is 244 g/mol. The summed E-state index contributed by atoms with van der Waals surface area (Å²) >= 11 is 0. The van der Waals surface area contributed by atoms with E-state index in [0.29, 0.717) is 0 Å². The van der Waals surface area contributed by atoms with Gasteiger partial charge in [0.25, 0.3) is 0 Å². The summed E-state index contributed by atoms with van der Waals surface area (Å²) in [6.45, 7) is 4.91. The van der Waals surface area contributed by atoms with Crippen LogP contribution in [-0.4, -0.2) is 21.3 Å². The molecule has 0 amide bonds. The fourth-order valence-corrected chi connectivity index (χ4v) is 4.72. The molecule has 1 aliphatic heterocycles. The highest BCUT2D eigenvalue weighted by Crippen LogP contribution is 2.33. The maximum Gasteiger partial charge on any atom is 0.0873 e. The molecule has 1 fully saturated rings. The van der Waals surface area contributed by atoms with Crippen molar-refractivity contribution in [3.8, 4) is 0 Å². The van der Waals surface area contributed by atoms with E-state index >= 15 is 0 Å². The predicted molar refractivity (Wildman–Crippen MR) is 79.1 cm³/mol. The van der Waals surface area contributed by atoms with Crippen LogP contribution in [0.1, 0.15) is 65.2 Å². The van der Waals surface area contributed by atoms with E-state index in [9.17, 15) is 4.21 Å². The first-order valence-corrected chi connectivity index (χ1v) is 8.68. The van der Waals surface area contributed by atoms with Crippen LogP contribution in [0, 0.1) is 0 Å². The van der Waals surface area contributed by atoms with E-state index in [1.807, 2.05) is 13.0 Å². The third-order valence-electron chi connectivity index (χ3n) is 3.97. The molecule has 0 aliphatic carbocycles. The van der Waals surface area contributed by atoms with Gasteiger partial charge in [-0.15, -0.1) is 0 Å². The zero-order valence-corrected chi connectivity index (χ0v) is 12.8. The Bertz CT molecular complexity index is 276. The molecule has 0 bridgehead atoms. The molecule has 0 radical (unpaired) electrons. The van der Waals surface area contributed by atoms with E-state index in [2.05, 4.69) is 6.92 Å². The van der Waals surface area contributed by atoms with Gasteiger partial charge in [0.15, 0.2) is 0 Å². The van der Waals surface area contributed by atoms with Gasteiger partial charge in [0, 0.05) is 21.3 Å². The lowest BCUT2D eigenvalue weighted by Gasteiger charge is -2.33. The van der Waals surface area contributed by atoms with Crippen molar-refractivity contribution >= 4 is 10.8 Å². The summed E-state index contributed by atoms with van der Waals surface area (Å²) in [6.07, 6.45) is 12.9. The summed E-state index contributed by atoms with van der Waals surface area (Å²) in [7, 11) is -0.646. The Balaban J connectivity index is 2.48. The predicted octanol–water partition coefficient (Wildman–Crippen LogP) is 4.18. The normalized spacial score (nSPS) is 30.0. The lowest BCUT2D eigenvalue weighted by Crippen LogP contribution is -2.36. The molecule has 0 aromatic heterocycles. The molecule has 1 rings (SSSR count). The summed E-state index contributed by atoms with van der Waals surface area (Å²) in [5.74, 6) is 0.906. The van der Waals surface area contributed by atoms with Crippen molar-refractivity contribution in [2.24, 2.45) is 0 Å². The molecular formula is C15H28O2S. The molecule has 2 unspecified atom stereocenters. The zero-order valence-electron chi connectivity index (χ0n) is 12.0. The SMILES string of the molecule is C/C=C/OCCCC1(CC)CCCCCCS1=O. The van der Waals surface area contributed by atoms with Crippen LogP contribution >= 0.6 is 0 Å². The van der Waals surface area contributed by atoms with Gasteiger partial charge in [0.05, 0.1) is 12.9 Å². The lowest BCUT2D eigenvalue weighted by atomic mass is 9.92. The van der Waals surface area contributed by atoms with Crippen molar-refractivity contribution in [3.63, 3.8) is 0 Å². The van der Waals surface area contributed by atoms with Gasteiger partial charge in [-0.2, -0.15) is 0 Å². The molecule has 1 saturated heterocycles. The van der Waals surface area contributed by atoms with Crippen LogP contribution in [0.5, 0.6) is 0 Å². The second kappa shape index (κ2) is 8.73. The van der Waals surface area contributed by atoms with Crippen LogP contribution in [0.3, 0.4) is 0 Å². The maximum absolute atomic E-state index is 12.5. The summed E-state index contributed by atoms with van der Waals surface area (Å²) in [5.41, 5.74) is 0. The van der Waals surface area contributed by atoms with E-state index in [1.165, 1.54) is 19.3 Å². The highest BCUT2D eigenvalue weighted by Gasteiger charge is 2.34. The van der Waals surface area contributed by atoms with Crippen LogP contribution in [0.15, 0.2) is 12.3 Å².